The smallest absolute Gasteiger partial charge is 0.303 e. The van der Waals surface area contributed by atoms with Crippen molar-refractivity contribution in [1.82, 2.24) is 0 Å². The molecule has 18 heavy (non-hydrogen) atoms. The first-order valence-electron chi connectivity index (χ1n) is 6.20. The Morgan fingerprint density at radius 3 is 2.28 bits per heavy atom. The third-order valence-electron chi connectivity index (χ3n) is 3.65. The van der Waals surface area contributed by atoms with Crippen LogP contribution in [0.15, 0.2) is 24.3 Å². The molecule has 0 saturated carbocycles. The molecule has 0 amide bonds. The maximum atomic E-state index is 10.9. The van der Waals surface area contributed by atoms with Crippen LogP contribution in [0.2, 0.25) is 0 Å². The van der Waals surface area contributed by atoms with E-state index in [2.05, 4.69) is 0 Å². The van der Waals surface area contributed by atoms with Gasteiger partial charge in [-0.3, -0.25) is 9.59 Å². The van der Waals surface area contributed by atoms with Crippen LogP contribution < -0.4 is 0 Å². The molecule has 0 radical (unpaired) electrons. The summed E-state index contributed by atoms with van der Waals surface area (Å²) in [6, 6.07) is 0. The fourth-order valence-corrected chi connectivity index (χ4v) is 2.69. The Balaban J connectivity index is 2.91. The monoisotopic (exact) mass is 252 g/mol. The van der Waals surface area contributed by atoms with E-state index >= 15 is 0 Å². The van der Waals surface area contributed by atoms with Crippen LogP contribution in [0.5, 0.6) is 0 Å². The van der Waals surface area contributed by atoms with Gasteiger partial charge in [0.1, 0.15) is 0 Å². The van der Waals surface area contributed by atoms with Crippen LogP contribution in [-0.4, -0.2) is 22.2 Å². The van der Waals surface area contributed by atoms with Gasteiger partial charge in [-0.25, -0.2) is 0 Å². The zero-order chi connectivity index (χ0) is 13.7. The van der Waals surface area contributed by atoms with Crippen LogP contribution in [0, 0.1) is 23.7 Å². The van der Waals surface area contributed by atoms with Crippen LogP contribution in [-0.2, 0) is 9.59 Å². The quantitative estimate of drug-likeness (QED) is 0.737. The summed E-state index contributed by atoms with van der Waals surface area (Å²) in [6.45, 7) is 3.92. The summed E-state index contributed by atoms with van der Waals surface area (Å²) in [7, 11) is 0. The van der Waals surface area contributed by atoms with Gasteiger partial charge >= 0.3 is 11.9 Å². The van der Waals surface area contributed by atoms with Crippen LogP contribution in [0.25, 0.3) is 0 Å². The highest BCUT2D eigenvalue weighted by molar-refractivity contribution is 5.69. The molecule has 0 aromatic carbocycles. The number of carboxylic acids is 2. The molecule has 4 unspecified atom stereocenters. The molecule has 0 aromatic rings. The summed E-state index contributed by atoms with van der Waals surface area (Å²) < 4.78 is 0. The van der Waals surface area contributed by atoms with Crippen molar-refractivity contribution in [1.29, 1.82) is 0 Å². The van der Waals surface area contributed by atoms with Gasteiger partial charge in [0.05, 0.1) is 6.42 Å². The van der Waals surface area contributed by atoms with Gasteiger partial charge in [-0.1, -0.05) is 31.2 Å². The molecular weight excluding hydrogens is 232 g/mol. The lowest BCUT2D eigenvalue weighted by molar-refractivity contribution is -0.142. The van der Waals surface area contributed by atoms with Crippen LogP contribution >= 0.6 is 0 Å². The number of carboxylic acid groups (broad SMARTS) is 2. The minimum Gasteiger partial charge on any atom is -0.481 e. The minimum atomic E-state index is -0.878. The van der Waals surface area contributed by atoms with E-state index < -0.39 is 11.9 Å². The molecule has 0 fully saturated rings. The van der Waals surface area contributed by atoms with E-state index in [4.69, 9.17) is 10.2 Å². The van der Waals surface area contributed by atoms with E-state index in [1.165, 1.54) is 0 Å². The predicted octanol–water partition coefficient (Wildman–Crippen LogP) is 2.57. The first kappa shape index (κ1) is 14.5. The van der Waals surface area contributed by atoms with Crippen molar-refractivity contribution >= 4 is 11.9 Å². The molecule has 1 aliphatic rings. The summed E-state index contributed by atoms with van der Waals surface area (Å²) in [5.41, 5.74) is 0. The first-order valence-corrected chi connectivity index (χ1v) is 6.20. The average Bonchev–Trinajstić information content (AvgIpc) is 2.26. The lowest BCUT2D eigenvalue weighted by atomic mass is 9.69. The standard InChI is InChI=1S/C14H20O4/c1-3-4-10-5-6-11(7-13(15)16)12(9(10)2)8-14(17)18/h3-6,9-12H,7-8H2,1-2H3,(H,15,16)(H,17,18). The average molecular weight is 252 g/mol. The first-order chi connectivity index (χ1) is 8.45. The zero-order valence-electron chi connectivity index (χ0n) is 10.7. The highest BCUT2D eigenvalue weighted by Gasteiger charge is 2.34. The number of allylic oxidation sites excluding steroid dienone is 4. The Kier molecular flexibility index (Phi) is 5.13. The highest BCUT2D eigenvalue weighted by Crippen LogP contribution is 2.38. The fraction of sp³-hybridized carbons (Fsp3) is 0.571. The maximum Gasteiger partial charge on any atom is 0.303 e. The number of aliphatic carboxylic acids is 2. The number of rotatable bonds is 5. The summed E-state index contributed by atoms with van der Waals surface area (Å²) >= 11 is 0. The van der Waals surface area contributed by atoms with E-state index in [9.17, 15) is 9.59 Å². The van der Waals surface area contributed by atoms with Gasteiger partial charge in [0.15, 0.2) is 0 Å². The van der Waals surface area contributed by atoms with Gasteiger partial charge in [0.25, 0.3) is 0 Å². The van der Waals surface area contributed by atoms with Crippen molar-refractivity contribution in [2.24, 2.45) is 23.7 Å². The summed E-state index contributed by atoms with van der Waals surface area (Å²) in [6.07, 6.45) is 7.87. The molecule has 0 aromatic heterocycles. The molecule has 0 spiro atoms. The maximum absolute atomic E-state index is 10.9. The third kappa shape index (κ3) is 3.72. The second kappa shape index (κ2) is 6.38. The third-order valence-corrected chi connectivity index (χ3v) is 3.65. The molecule has 0 bridgehead atoms. The summed E-state index contributed by atoms with van der Waals surface area (Å²) in [5.74, 6) is -1.70. The van der Waals surface area contributed by atoms with Gasteiger partial charge in [0, 0.05) is 6.42 Å². The SMILES string of the molecule is CC=CC1C=CC(CC(=O)O)C(CC(=O)O)C1C. The number of carbonyl (C=O) groups is 2. The molecule has 0 aliphatic heterocycles. The van der Waals surface area contributed by atoms with Crippen LogP contribution in [0.1, 0.15) is 26.7 Å². The molecule has 4 atom stereocenters. The van der Waals surface area contributed by atoms with Crippen molar-refractivity contribution < 1.29 is 19.8 Å². The van der Waals surface area contributed by atoms with Crippen molar-refractivity contribution in [3.05, 3.63) is 24.3 Å². The summed E-state index contributed by atoms with van der Waals surface area (Å²) in [4.78, 5) is 21.7. The van der Waals surface area contributed by atoms with Gasteiger partial charge in [0.2, 0.25) is 0 Å². The molecule has 1 rings (SSSR count). The van der Waals surface area contributed by atoms with E-state index in [1.807, 2.05) is 38.2 Å². The Labute approximate surface area is 107 Å². The number of hydrogen-bond donors (Lipinski definition) is 2. The van der Waals surface area contributed by atoms with Crippen LogP contribution in [0.4, 0.5) is 0 Å². The highest BCUT2D eigenvalue weighted by atomic mass is 16.4. The van der Waals surface area contributed by atoms with E-state index in [0.29, 0.717) is 0 Å². The van der Waals surface area contributed by atoms with Gasteiger partial charge in [-0.2, -0.15) is 0 Å². The minimum absolute atomic E-state index is 0.00134. The normalized spacial score (nSPS) is 31.7. The van der Waals surface area contributed by atoms with Crippen molar-refractivity contribution in [3.63, 3.8) is 0 Å². The Morgan fingerprint density at radius 2 is 1.78 bits per heavy atom. The number of hydrogen-bond acceptors (Lipinski definition) is 2. The fourth-order valence-electron chi connectivity index (χ4n) is 2.69. The largest absolute Gasteiger partial charge is 0.481 e. The summed E-state index contributed by atoms with van der Waals surface area (Å²) in [5, 5.41) is 17.8. The molecule has 100 valence electrons. The Bertz CT molecular complexity index is 370. The van der Waals surface area contributed by atoms with Gasteiger partial charge in [-0.05, 0) is 30.6 Å². The van der Waals surface area contributed by atoms with Crippen molar-refractivity contribution in [2.75, 3.05) is 0 Å². The van der Waals surface area contributed by atoms with E-state index in [1.54, 1.807) is 0 Å². The molecule has 2 N–H and O–H groups in total. The lowest BCUT2D eigenvalue weighted by Gasteiger charge is -2.35. The zero-order valence-corrected chi connectivity index (χ0v) is 10.7. The lowest BCUT2D eigenvalue weighted by Crippen LogP contribution is -2.32. The van der Waals surface area contributed by atoms with E-state index in [-0.39, 0.29) is 36.5 Å². The van der Waals surface area contributed by atoms with Crippen LogP contribution in [0.3, 0.4) is 0 Å². The predicted molar refractivity (Wildman–Crippen MR) is 68.1 cm³/mol. The molecule has 0 saturated heterocycles. The van der Waals surface area contributed by atoms with Crippen molar-refractivity contribution in [3.8, 4) is 0 Å². The molecule has 4 heteroatoms. The molecular formula is C14H20O4. The second-order valence-corrected chi connectivity index (χ2v) is 4.87. The topological polar surface area (TPSA) is 74.6 Å². The Morgan fingerprint density at radius 1 is 1.17 bits per heavy atom. The van der Waals surface area contributed by atoms with Crippen molar-refractivity contribution in [2.45, 2.75) is 26.7 Å². The van der Waals surface area contributed by atoms with Gasteiger partial charge < -0.3 is 10.2 Å². The molecule has 4 nitrogen and oxygen atoms in total. The Hall–Kier alpha value is -1.58. The molecule has 1 aliphatic carbocycles. The van der Waals surface area contributed by atoms with E-state index in [0.717, 1.165) is 0 Å². The second-order valence-electron chi connectivity index (χ2n) is 4.87. The van der Waals surface area contributed by atoms with Gasteiger partial charge in [-0.15, -0.1) is 0 Å². The molecule has 0 heterocycles.